The van der Waals surface area contributed by atoms with Crippen LogP contribution in [0.3, 0.4) is 0 Å². The standard InChI is InChI=1S/C25H30N4O3/c1-18-14-20(15-21(16-26)25(30)27-17-24-4-3-11-32-24)19(2)29(18)23-7-5-22(6-8-23)28-9-12-31-13-10-28/h5-8,14-15,24H,3-4,9-13,17H2,1-2H3,(H,27,30)/b21-15+/t24-/m0/s1. The van der Waals surface area contributed by atoms with Gasteiger partial charge in [0.25, 0.3) is 5.91 Å². The number of benzene rings is 1. The van der Waals surface area contributed by atoms with E-state index in [0.29, 0.717) is 6.54 Å². The van der Waals surface area contributed by atoms with Gasteiger partial charge in [0, 0.05) is 49.0 Å². The van der Waals surface area contributed by atoms with Crippen molar-refractivity contribution in [3.8, 4) is 11.8 Å². The maximum Gasteiger partial charge on any atom is 0.262 e. The number of aryl methyl sites for hydroxylation is 1. The Morgan fingerprint density at radius 2 is 1.91 bits per heavy atom. The maximum atomic E-state index is 12.5. The van der Waals surface area contributed by atoms with Crippen LogP contribution in [-0.2, 0) is 14.3 Å². The Balaban J connectivity index is 1.51. The SMILES string of the molecule is Cc1cc(/C=C(\C#N)C(=O)NC[C@@H]2CCCO2)c(C)n1-c1ccc(N2CCOCC2)cc1. The second-order valence-electron chi connectivity index (χ2n) is 8.29. The second kappa shape index (κ2) is 10.0. The molecule has 32 heavy (non-hydrogen) atoms. The van der Waals surface area contributed by atoms with Crippen molar-refractivity contribution in [1.29, 1.82) is 5.26 Å². The summed E-state index contributed by atoms with van der Waals surface area (Å²) in [6.45, 7) is 8.54. The average Bonchev–Trinajstić information content (AvgIpc) is 3.44. The van der Waals surface area contributed by atoms with Crippen LogP contribution in [0.25, 0.3) is 11.8 Å². The molecule has 0 spiro atoms. The van der Waals surface area contributed by atoms with Crippen LogP contribution in [0, 0.1) is 25.2 Å². The fourth-order valence-corrected chi connectivity index (χ4v) is 4.38. The van der Waals surface area contributed by atoms with Gasteiger partial charge in [0.2, 0.25) is 0 Å². The lowest BCUT2D eigenvalue weighted by Crippen LogP contribution is -2.36. The molecule has 4 rings (SSSR count). The number of carbonyl (C=O) groups is 1. The summed E-state index contributed by atoms with van der Waals surface area (Å²) in [5.74, 6) is -0.359. The van der Waals surface area contributed by atoms with Crippen molar-refractivity contribution in [2.24, 2.45) is 0 Å². The van der Waals surface area contributed by atoms with Crippen molar-refractivity contribution in [2.75, 3.05) is 44.4 Å². The van der Waals surface area contributed by atoms with Crippen LogP contribution in [0.1, 0.15) is 29.8 Å². The summed E-state index contributed by atoms with van der Waals surface area (Å²) in [5.41, 5.74) is 5.24. The summed E-state index contributed by atoms with van der Waals surface area (Å²) in [7, 11) is 0. The van der Waals surface area contributed by atoms with Gasteiger partial charge in [-0.2, -0.15) is 5.26 Å². The Labute approximate surface area is 189 Å². The quantitative estimate of drug-likeness (QED) is 0.558. The molecule has 1 aromatic heterocycles. The van der Waals surface area contributed by atoms with Gasteiger partial charge in [0.05, 0.1) is 19.3 Å². The van der Waals surface area contributed by atoms with E-state index in [0.717, 1.165) is 68.4 Å². The van der Waals surface area contributed by atoms with E-state index in [1.165, 1.54) is 5.69 Å². The van der Waals surface area contributed by atoms with E-state index in [1.807, 2.05) is 26.0 Å². The van der Waals surface area contributed by atoms with E-state index in [-0.39, 0.29) is 17.6 Å². The largest absolute Gasteiger partial charge is 0.378 e. The summed E-state index contributed by atoms with van der Waals surface area (Å²) in [4.78, 5) is 14.8. The molecule has 0 unspecified atom stereocenters. The van der Waals surface area contributed by atoms with Crippen molar-refractivity contribution in [3.63, 3.8) is 0 Å². The number of rotatable bonds is 6. The Hall–Kier alpha value is -3.08. The summed E-state index contributed by atoms with van der Waals surface area (Å²) < 4.78 is 13.1. The van der Waals surface area contributed by atoms with Crippen LogP contribution in [-0.4, -0.2) is 56.0 Å². The third-order valence-corrected chi connectivity index (χ3v) is 6.13. The van der Waals surface area contributed by atoms with E-state index < -0.39 is 0 Å². The first-order valence-electron chi connectivity index (χ1n) is 11.2. The van der Waals surface area contributed by atoms with Crippen LogP contribution >= 0.6 is 0 Å². The molecule has 2 fully saturated rings. The minimum absolute atomic E-state index is 0.0457. The maximum absolute atomic E-state index is 12.5. The van der Waals surface area contributed by atoms with Gasteiger partial charge in [-0.3, -0.25) is 4.79 Å². The molecule has 168 valence electrons. The normalized spacial score (nSPS) is 19.1. The molecule has 3 heterocycles. The van der Waals surface area contributed by atoms with Gasteiger partial charge in [-0.05, 0) is 68.7 Å². The Morgan fingerprint density at radius 3 is 2.56 bits per heavy atom. The number of hydrogen-bond donors (Lipinski definition) is 1. The molecule has 2 aliphatic heterocycles. The van der Waals surface area contributed by atoms with Crippen LogP contribution < -0.4 is 10.2 Å². The van der Waals surface area contributed by atoms with Gasteiger partial charge in [-0.15, -0.1) is 0 Å². The zero-order chi connectivity index (χ0) is 22.5. The molecular weight excluding hydrogens is 404 g/mol. The number of nitriles is 1. The molecule has 0 radical (unpaired) electrons. The first-order valence-corrected chi connectivity index (χ1v) is 11.2. The molecule has 0 aliphatic carbocycles. The van der Waals surface area contributed by atoms with Crippen molar-refractivity contribution in [2.45, 2.75) is 32.8 Å². The minimum atomic E-state index is -0.359. The first-order chi connectivity index (χ1) is 15.6. The highest BCUT2D eigenvalue weighted by Crippen LogP contribution is 2.25. The summed E-state index contributed by atoms with van der Waals surface area (Å²) in [6.07, 6.45) is 3.67. The third-order valence-electron chi connectivity index (χ3n) is 6.13. The highest BCUT2D eigenvalue weighted by atomic mass is 16.5. The highest BCUT2D eigenvalue weighted by Gasteiger charge is 2.19. The number of aromatic nitrogens is 1. The monoisotopic (exact) mass is 434 g/mol. The van der Waals surface area contributed by atoms with Crippen LogP contribution in [0.5, 0.6) is 0 Å². The van der Waals surface area contributed by atoms with Crippen LogP contribution in [0.4, 0.5) is 5.69 Å². The highest BCUT2D eigenvalue weighted by molar-refractivity contribution is 6.01. The molecule has 7 nitrogen and oxygen atoms in total. The molecule has 1 aromatic carbocycles. The topological polar surface area (TPSA) is 79.5 Å². The molecule has 0 bridgehead atoms. The number of hydrogen-bond acceptors (Lipinski definition) is 5. The van der Waals surface area contributed by atoms with Crippen molar-refractivity contribution < 1.29 is 14.3 Å². The van der Waals surface area contributed by atoms with E-state index >= 15 is 0 Å². The predicted molar refractivity (Wildman–Crippen MR) is 124 cm³/mol. The Bertz CT molecular complexity index is 1020. The fraction of sp³-hybridized carbons (Fsp3) is 0.440. The van der Waals surface area contributed by atoms with Gasteiger partial charge in [0.1, 0.15) is 11.6 Å². The average molecular weight is 435 g/mol. The Morgan fingerprint density at radius 1 is 1.19 bits per heavy atom. The molecule has 2 saturated heterocycles. The predicted octanol–water partition coefficient (Wildman–Crippen LogP) is 3.13. The van der Waals surface area contributed by atoms with Gasteiger partial charge in [-0.25, -0.2) is 0 Å². The van der Waals surface area contributed by atoms with E-state index in [2.05, 4.69) is 39.0 Å². The molecule has 1 N–H and O–H groups in total. The number of ether oxygens (including phenoxy) is 2. The van der Waals surface area contributed by atoms with E-state index in [9.17, 15) is 10.1 Å². The number of amides is 1. The minimum Gasteiger partial charge on any atom is -0.378 e. The molecule has 2 aromatic rings. The van der Waals surface area contributed by atoms with E-state index in [4.69, 9.17) is 9.47 Å². The van der Waals surface area contributed by atoms with Gasteiger partial charge in [-0.1, -0.05) is 0 Å². The summed E-state index contributed by atoms with van der Waals surface area (Å²) in [5, 5.41) is 12.4. The molecule has 2 aliphatic rings. The van der Waals surface area contributed by atoms with Gasteiger partial charge < -0.3 is 24.3 Å². The number of nitrogens with zero attached hydrogens (tertiary/aromatic N) is 3. The van der Waals surface area contributed by atoms with Gasteiger partial charge in [0.15, 0.2) is 0 Å². The molecule has 1 amide bonds. The summed E-state index contributed by atoms with van der Waals surface area (Å²) in [6, 6.07) is 12.5. The molecular formula is C25H30N4O3. The lowest BCUT2D eigenvalue weighted by Gasteiger charge is -2.29. The lowest BCUT2D eigenvalue weighted by atomic mass is 10.1. The number of morpholine rings is 1. The first kappa shape index (κ1) is 22.1. The van der Waals surface area contributed by atoms with Crippen molar-refractivity contribution in [1.82, 2.24) is 9.88 Å². The third kappa shape index (κ3) is 4.87. The Kier molecular flexibility index (Phi) is 6.93. The number of nitrogens with one attached hydrogen (secondary N) is 1. The summed E-state index contributed by atoms with van der Waals surface area (Å²) >= 11 is 0. The lowest BCUT2D eigenvalue weighted by molar-refractivity contribution is -0.117. The van der Waals surface area contributed by atoms with Crippen molar-refractivity contribution >= 4 is 17.7 Å². The zero-order valence-electron chi connectivity index (χ0n) is 18.8. The second-order valence-corrected chi connectivity index (χ2v) is 8.29. The number of anilines is 1. The molecule has 1 atom stereocenters. The van der Waals surface area contributed by atoms with Crippen LogP contribution in [0.2, 0.25) is 0 Å². The fourth-order valence-electron chi connectivity index (χ4n) is 4.38. The van der Waals surface area contributed by atoms with Crippen LogP contribution in [0.15, 0.2) is 35.9 Å². The molecule has 0 saturated carbocycles. The van der Waals surface area contributed by atoms with Gasteiger partial charge >= 0.3 is 0 Å². The van der Waals surface area contributed by atoms with Crippen molar-refractivity contribution in [3.05, 3.63) is 52.9 Å². The molecule has 7 heteroatoms. The zero-order valence-corrected chi connectivity index (χ0v) is 18.8. The van der Waals surface area contributed by atoms with E-state index in [1.54, 1.807) is 6.08 Å². The number of carbonyl (C=O) groups excluding carboxylic acids is 1. The smallest absolute Gasteiger partial charge is 0.262 e.